The summed E-state index contributed by atoms with van der Waals surface area (Å²) in [5.74, 6) is -1.07. The summed E-state index contributed by atoms with van der Waals surface area (Å²) in [6, 6.07) is 0. The standard InChI is InChI=1S/C23H33N5O4/c1-5-28-19-16(11-23(14-24-20(19)29)6-8-32-9-7-23)17(25-28)12-22(2,3)10-15-13-27(4)26-18(15)21(30)31/h13H,5-12,14H2,1-4H3,(H,24,29)(H,30,31). The number of carboxylic acid groups (broad SMARTS) is 1. The maximum atomic E-state index is 13.0. The number of carbonyl (C=O) groups excluding carboxylic acids is 1. The molecule has 0 unspecified atom stereocenters. The van der Waals surface area contributed by atoms with Crippen LogP contribution in [0.5, 0.6) is 0 Å². The van der Waals surface area contributed by atoms with E-state index in [2.05, 4.69) is 24.3 Å². The third kappa shape index (κ3) is 4.30. The second kappa shape index (κ2) is 8.35. The van der Waals surface area contributed by atoms with Crippen molar-refractivity contribution in [2.75, 3.05) is 19.8 Å². The zero-order valence-corrected chi connectivity index (χ0v) is 19.4. The van der Waals surface area contributed by atoms with E-state index in [-0.39, 0.29) is 22.4 Å². The number of amides is 1. The predicted octanol–water partition coefficient (Wildman–Crippen LogP) is 2.23. The first-order chi connectivity index (χ1) is 15.1. The van der Waals surface area contributed by atoms with Crippen molar-refractivity contribution in [2.45, 2.75) is 59.4 Å². The van der Waals surface area contributed by atoms with Crippen molar-refractivity contribution in [1.82, 2.24) is 24.9 Å². The maximum Gasteiger partial charge on any atom is 0.356 e. The summed E-state index contributed by atoms with van der Waals surface area (Å²) < 4.78 is 8.97. The van der Waals surface area contributed by atoms with E-state index in [0.29, 0.717) is 50.4 Å². The lowest BCUT2D eigenvalue weighted by molar-refractivity contribution is 0.0160. The molecule has 2 aliphatic heterocycles. The quantitative estimate of drug-likeness (QED) is 0.708. The Morgan fingerprint density at radius 3 is 2.66 bits per heavy atom. The van der Waals surface area contributed by atoms with Crippen LogP contribution in [0, 0.1) is 10.8 Å². The topological polar surface area (TPSA) is 111 Å². The van der Waals surface area contributed by atoms with Gasteiger partial charge in [0.05, 0.1) is 5.69 Å². The Labute approximate surface area is 188 Å². The highest BCUT2D eigenvalue weighted by atomic mass is 16.5. The highest BCUT2D eigenvalue weighted by Crippen LogP contribution is 2.39. The number of carbonyl (C=O) groups is 2. The number of nitrogens with zero attached hydrogens (tertiary/aromatic N) is 4. The fourth-order valence-electron chi connectivity index (χ4n) is 5.18. The van der Waals surface area contributed by atoms with Crippen molar-refractivity contribution in [2.24, 2.45) is 17.9 Å². The molecule has 2 aliphatic rings. The number of fused-ring (bicyclic) bond motifs is 1. The fraction of sp³-hybridized carbons (Fsp3) is 0.652. The number of nitrogens with one attached hydrogen (secondary N) is 1. The van der Waals surface area contributed by atoms with Crippen molar-refractivity contribution in [1.29, 1.82) is 0 Å². The van der Waals surface area contributed by atoms with Crippen LogP contribution in [0.3, 0.4) is 0 Å². The van der Waals surface area contributed by atoms with Gasteiger partial charge in [-0.1, -0.05) is 13.8 Å². The monoisotopic (exact) mass is 443 g/mol. The molecule has 2 aromatic rings. The summed E-state index contributed by atoms with van der Waals surface area (Å²) in [6.45, 7) is 8.94. The van der Waals surface area contributed by atoms with Crippen LogP contribution in [-0.2, 0) is 37.6 Å². The van der Waals surface area contributed by atoms with Gasteiger partial charge in [0.15, 0.2) is 5.69 Å². The molecule has 2 N–H and O–H groups in total. The Kier molecular flexibility index (Phi) is 5.87. The average Bonchev–Trinajstić information content (AvgIpc) is 3.21. The van der Waals surface area contributed by atoms with E-state index in [1.165, 1.54) is 0 Å². The number of aromatic nitrogens is 4. The molecule has 0 aliphatic carbocycles. The van der Waals surface area contributed by atoms with Crippen LogP contribution in [-0.4, -0.2) is 56.3 Å². The first-order valence-corrected chi connectivity index (χ1v) is 11.3. The second-order valence-corrected chi connectivity index (χ2v) is 10.1. The number of ether oxygens (including phenoxy) is 1. The van der Waals surface area contributed by atoms with Gasteiger partial charge in [0.25, 0.3) is 5.91 Å². The Morgan fingerprint density at radius 2 is 2.00 bits per heavy atom. The van der Waals surface area contributed by atoms with Crippen molar-refractivity contribution >= 4 is 11.9 Å². The van der Waals surface area contributed by atoms with Gasteiger partial charge in [0, 0.05) is 50.7 Å². The number of hydrogen-bond acceptors (Lipinski definition) is 5. The van der Waals surface area contributed by atoms with Gasteiger partial charge in [-0.15, -0.1) is 0 Å². The average molecular weight is 444 g/mol. The molecule has 4 rings (SSSR count). The zero-order chi connectivity index (χ0) is 23.1. The molecule has 4 heterocycles. The van der Waals surface area contributed by atoms with Crippen LogP contribution in [0.1, 0.15) is 71.4 Å². The number of rotatable bonds is 6. The van der Waals surface area contributed by atoms with Crippen LogP contribution in [0.15, 0.2) is 6.20 Å². The Morgan fingerprint density at radius 1 is 1.28 bits per heavy atom. The second-order valence-electron chi connectivity index (χ2n) is 10.1. The molecule has 1 spiro atoms. The van der Waals surface area contributed by atoms with Crippen LogP contribution < -0.4 is 5.32 Å². The maximum absolute atomic E-state index is 13.0. The van der Waals surface area contributed by atoms with Gasteiger partial charge in [-0.05, 0) is 49.9 Å². The van der Waals surface area contributed by atoms with Crippen LogP contribution >= 0.6 is 0 Å². The van der Waals surface area contributed by atoms with E-state index < -0.39 is 5.97 Å². The first-order valence-electron chi connectivity index (χ1n) is 11.3. The summed E-state index contributed by atoms with van der Waals surface area (Å²) in [4.78, 5) is 24.6. The minimum atomic E-state index is -1.02. The molecule has 1 saturated heterocycles. The SMILES string of the molecule is CCn1nc(CC(C)(C)Cc2cn(C)nc2C(=O)O)c2c1C(=O)NCC1(CCOCC1)C2. The molecule has 0 bridgehead atoms. The molecule has 0 radical (unpaired) electrons. The van der Waals surface area contributed by atoms with Gasteiger partial charge < -0.3 is 15.2 Å². The molecule has 32 heavy (non-hydrogen) atoms. The molecule has 1 amide bonds. The molecule has 0 saturated carbocycles. The number of carboxylic acids is 1. The molecular weight excluding hydrogens is 410 g/mol. The molecule has 0 atom stereocenters. The van der Waals surface area contributed by atoms with E-state index in [9.17, 15) is 14.7 Å². The Balaban J connectivity index is 1.67. The lowest BCUT2D eigenvalue weighted by Gasteiger charge is -2.36. The summed E-state index contributed by atoms with van der Waals surface area (Å²) >= 11 is 0. The van der Waals surface area contributed by atoms with E-state index in [1.54, 1.807) is 17.9 Å². The molecule has 1 fully saturated rings. The Bertz CT molecular complexity index is 1030. The van der Waals surface area contributed by atoms with Crippen LogP contribution in [0.4, 0.5) is 0 Å². The first kappa shape index (κ1) is 22.5. The van der Waals surface area contributed by atoms with Gasteiger partial charge in [0.1, 0.15) is 5.69 Å². The lowest BCUT2D eigenvalue weighted by atomic mass is 9.74. The van der Waals surface area contributed by atoms with E-state index >= 15 is 0 Å². The summed E-state index contributed by atoms with van der Waals surface area (Å²) in [5, 5.41) is 21.6. The number of hydrogen-bond donors (Lipinski definition) is 2. The van der Waals surface area contributed by atoms with Crippen LogP contribution in [0.2, 0.25) is 0 Å². The summed E-state index contributed by atoms with van der Waals surface area (Å²) in [6.07, 6.45) is 5.64. The third-order valence-electron chi connectivity index (χ3n) is 6.80. The van der Waals surface area contributed by atoms with Gasteiger partial charge in [0.2, 0.25) is 0 Å². The van der Waals surface area contributed by atoms with E-state index in [1.807, 2.05) is 11.6 Å². The van der Waals surface area contributed by atoms with Gasteiger partial charge in [-0.3, -0.25) is 14.2 Å². The normalized spacial score (nSPS) is 18.3. The summed E-state index contributed by atoms with van der Waals surface area (Å²) in [7, 11) is 1.73. The zero-order valence-electron chi connectivity index (χ0n) is 19.4. The van der Waals surface area contributed by atoms with E-state index in [4.69, 9.17) is 9.84 Å². The smallest absolute Gasteiger partial charge is 0.356 e. The highest BCUT2D eigenvalue weighted by molar-refractivity contribution is 5.94. The minimum Gasteiger partial charge on any atom is -0.476 e. The third-order valence-corrected chi connectivity index (χ3v) is 6.80. The van der Waals surface area contributed by atoms with Crippen molar-refractivity contribution in [3.05, 3.63) is 34.4 Å². The van der Waals surface area contributed by atoms with Gasteiger partial charge >= 0.3 is 5.97 Å². The molecule has 2 aromatic heterocycles. The fourth-order valence-corrected chi connectivity index (χ4v) is 5.18. The van der Waals surface area contributed by atoms with Crippen molar-refractivity contribution in [3.8, 4) is 0 Å². The molecule has 0 aromatic carbocycles. The lowest BCUT2D eigenvalue weighted by Crippen LogP contribution is -2.40. The molecule has 9 heteroatoms. The minimum absolute atomic E-state index is 0.000511. The Hall–Kier alpha value is -2.68. The molecule has 9 nitrogen and oxygen atoms in total. The molecule has 174 valence electrons. The van der Waals surface area contributed by atoms with Gasteiger partial charge in [-0.25, -0.2) is 4.79 Å². The largest absolute Gasteiger partial charge is 0.476 e. The van der Waals surface area contributed by atoms with E-state index in [0.717, 1.165) is 30.5 Å². The molecular formula is C23H33N5O4. The van der Waals surface area contributed by atoms with Gasteiger partial charge in [-0.2, -0.15) is 10.2 Å². The highest BCUT2D eigenvalue weighted by Gasteiger charge is 2.40. The van der Waals surface area contributed by atoms with Crippen LogP contribution in [0.25, 0.3) is 0 Å². The summed E-state index contributed by atoms with van der Waals surface area (Å²) in [5.41, 5.74) is 3.20. The van der Waals surface area contributed by atoms with Crippen molar-refractivity contribution in [3.63, 3.8) is 0 Å². The number of aryl methyl sites for hydroxylation is 2. The van der Waals surface area contributed by atoms with Crippen molar-refractivity contribution < 1.29 is 19.4 Å². The predicted molar refractivity (Wildman–Crippen MR) is 118 cm³/mol. The number of aromatic carboxylic acids is 1.